The largest absolute Gasteiger partial charge is 0.492 e. The Morgan fingerprint density at radius 3 is 2.62 bits per heavy atom. The van der Waals surface area contributed by atoms with E-state index in [-0.39, 0.29) is 0 Å². The highest BCUT2D eigenvalue weighted by Gasteiger charge is 2.55. The summed E-state index contributed by atoms with van der Waals surface area (Å²) in [6, 6.07) is 17.5. The zero-order chi connectivity index (χ0) is 23.1. The SMILES string of the molecule is C[C@@]12CCC[C@H]1[C@@H]1CC(=O)c3ccccc3[C@H]1[C@@H](c1ccc(OCCN3CCCCC3)cc1)C2. The monoisotopic (exact) mass is 457 g/mol. The van der Waals surface area contributed by atoms with Crippen molar-refractivity contribution in [2.75, 3.05) is 26.2 Å². The van der Waals surface area contributed by atoms with Crippen molar-refractivity contribution in [1.29, 1.82) is 0 Å². The van der Waals surface area contributed by atoms with E-state index in [9.17, 15) is 4.79 Å². The highest BCUT2D eigenvalue weighted by Crippen LogP contribution is 2.64. The third kappa shape index (κ3) is 4.00. The van der Waals surface area contributed by atoms with Gasteiger partial charge in [-0.15, -0.1) is 0 Å². The van der Waals surface area contributed by atoms with Crippen molar-refractivity contribution in [1.82, 2.24) is 4.90 Å². The van der Waals surface area contributed by atoms with E-state index in [2.05, 4.69) is 54.3 Å². The number of piperidine rings is 1. The summed E-state index contributed by atoms with van der Waals surface area (Å²) in [5.41, 5.74) is 4.08. The first-order chi connectivity index (χ1) is 16.6. The number of ether oxygens (including phenoxy) is 1. The number of ketones is 1. The van der Waals surface area contributed by atoms with Crippen LogP contribution in [0, 0.1) is 17.3 Å². The molecule has 0 spiro atoms. The molecule has 0 radical (unpaired) electrons. The Morgan fingerprint density at radius 1 is 1.00 bits per heavy atom. The van der Waals surface area contributed by atoms with Crippen LogP contribution in [0.5, 0.6) is 5.75 Å². The molecular weight excluding hydrogens is 418 g/mol. The molecule has 34 heavy (non-hydrogen) atoms. The van der Waals surface area contributed by atoms with Crippen LogP contribution in [0.1, 0.15) is 91.6 Å². The van der Waals surface area contributed by atoms with Crippen molar-refractivity contribution >= 4 is 5.78 Å². The summed E-state index contributed by atoms with van der Waals surface area (Å²) in [5.74, 6) is 3.44. The molecule has 5 atom stereocenters. The number of likely N-dealkylation sites (tertiary alicyclic amines) is 1. The lowest BCUT2D eigenvalue weighted by Crippen LogP contribution is -2.44. The third-order valence-corrected chi connectivity index (χ3v) is 9.73. The van der Waals surface area contributed by atoms with Crippen LogP contribution in [0.2, 0.25) is 0 Å². The fourth-order valence-electron chi connectivity index (χ4n) is 8.12. The topological polar surface area (TPSA) is 29.5 Å². The Kier molecular flexibility index (Phi) is 6.01. The lowest BCUT2D eigenvalue weighted by Gasteiger charge is -2.53. The summed E-state index contributed by atoms with van der Waals surface area (Å²) in [4.78, 5) is 15.6. The van der Waals surface area contributed by atoms with E-state index in [0.29, 0.717) is 34.9 Å². The van der Waals surface area contributed by atoms with Gasteiger partial charge in [0.25, 0.3) is 0 Å². The Morgan fingerprint density at radius 2 is 1.79 bits per heavy atom. The van der Waals surface area contributed by atoms with E-state index in [4.69, 9.17) is 4.74 Å². The molecule has 3 aliphatic carbocycles. The molecule has 3 heteroatoms. The van der Waals surface area contributed by atoms with Crippen molar-refractivity contribution in [3.63, 3.8) is 0 Å². The van der Waals surface area contributed by atoms with Crippen LogP contribution in [0.25, 0.3) is 0 Å². The lowest BCUT2D eigenvalue weighted by molar-refractivity contribution is 0.0402. The summed E-state index contributed by atoms with van der Waals surface area (Å²) in [6.07, 6.45) is 9.91. The summed E-state index contributed by atoms with van der Waals surface area (Å²) in [6.45, 7) is 6.74. The third-order valence-electron chi connectivity index (χ3n) is 9.73. The van der Waals surface area contributed by atoms with Gasteiger partial charge < -0.3 is 4.74 Å². The number of fused-ring (bicyclic) bond motifs is 5. The first-order valence-electron chi connectivity index (χ1n) is 13.7. The first kappa shape index (κ1) is 22.3. The minimum Gasteiger partial charge on any atom is -0.492 e. The van der Waals surface area contributed by atoms with Gasteiger partial charge in [0.15, 0.2) is 5.78 Å². The molecule has 0 amide bonds. The first-order valence-corrected chi connectivity index (χ1v) is 13.7. The van der Waals surface area contributed by atoms with Crippen molar-refractivity contribution in [2.45, 2.75) is 70.1 Å². The van der Waals surface area contributed by atoms with E-state index in [0.717, 1.165) is 30.9 Å². The second kappa shape index (κ2) is 9.15. The van der Waals surface area contributed by atoms with E-state index in [1.807, 2.05) is 6.07 Å². The molecule has 0 aromatic heterocycles. The summed E-state index contributed by atoms with van der Waals surface area (Å²) >= 11 is 0. The molecule has 1 heterocycles. The predicted octanol–water partition coefficient (Wildman–Crippen LogP) is 6.83. The van der Waals surface area contributed by atoms with Gasteiger partial charge in [0.2, 0.25) is 0 Å². The molecule has 6 rings (SSSR count). The highest BCUT2D eigenvalue weighted by molar-refractivity contribution is 5.99. The van der Waals surface area contributed by atoms with Gasteiger partial charge in [0.1, 0.15) is 12.4 Å². The molecule has 1 aliphatic heterocycles. The van der Waals surface area contributed by atoms with Gasteiger partial charge in [-0.2, -0.15) is 0 Å². The van der Waals surface area contributed by atoms with Gasteiger partial charge in [-0.05, 0) is 97.5 Å². The molecule has 3 fully saturated rings. The van der Waals surface area contributed by atoms with Crippen molar-refractivity contribution in [3.05, 3.63) is 65.2 Å². The second-order valence-corrected chi connectivity index (χ2v) is 11.7. The number of carbonyl (C=O) groups is 1. The second-order valence-electron chi connectivity index (χ2n) is 11.7. The molecule has 0 N–H and O–H groups in total. The van der Waals surface area contributed by atoms with E-state index < -0.39 is 0 Å². The standard InChI is InChI=1S/C31H39NO2/c1-31-15-7-10-28(31)26-20-29(33)24-8-3-4-9-25(24)30(26)27(21-31)22-11-13-23(14-12-22)34-19-18-32-16-5-2-6-17-32/h3-4,8-9,11-14,26-28,30H,2,5-7,10,15-21H2,1H3/t26-,27+,28-,30+,31-/m0/s1. The van der Waals surface area contributed by atoms with Crippen LogP contribution in [-0.2, 0) is 0 Å². The highest BCUT2D eigenvalue weighted by atomic mass is 16.5. The molecule has 3 nitrogen and oxygen atoms in total. The van der Waals surface area contributed by atoms with Crippen molar-refractivity contribution in [2.24, 2.45) is 17.3 Å². The maximum absolute atomic E-state index is 13.1. The van der Waals surface area contributed by atoms with E-state index in [1.54, 1.807) is 0 Å². The lowest BCUT2D eigenvalue weighted by atomic mass is 9.51. The molecule has 2 saturated carbocycles. The molecule has 1 saturated heterocycles. The smallest absolute Gasteiger partial charge is 0.163 e. The zero-order valence-corrected chi connectivity index (χ0v) is 20.7. The van der Waals surface area contributed by atoms with Gasteiger partial charge in [-0.25, -0.2) is 0 Å². The summed E-state index contributed by atoms with van der Waals surface area (Å²) in [7, 11) is 0. The molecule has 2 aromatic carbocycles. The van der Waals surface area contributed by atoms with Crippen molar-refractivity contribution in [3.8, 4) is 5.75 Å². The van der Waals surface area contributed by atoms with Crippen molar-refractivity contribution < 1.29 is 9.53 Å². The maximum Gasteiger partial charge on any atom is 0.163 e. The fourth-order valence-corrected chi connectivity index (χ4v) is 8.12. The molecule has 2 aromatic rings. The Hall–Kier alpha value is -2.13. The quantitative estimate of drug-likeness (QED) is 0.493. The van der Waals surface area contributed by atoms with Crippen LogP contribution >= 0.6 is 0 Å². The van der Waals surface area contributed by atoms with Crippen LogP contribution in [0.4, 0.5) is 0 Å². The molecule has 4 aliphatic rings. The molecule has 0 bridgehead atoms. The minimum atomic E-state index is 0.363. The number of rotatable bonds is 5. The molecule has 180 valence electrons. The Labute approximate surface area is 204 Å². The Balaban J connectivity index is 1.24. The zero-order valence-electron chi connectivity index (χ0n) is 20.7. The number of hydrogen-bond acceptors (Lipinski definition) is 3. The Bertz CT molecular complexity index is 1020. The fraction of sp³-hybridized carbons (Fsp3) is 0.581. The van der Waals surface area contributed by atoms with Gasteiger partial charge in [-0.1, -0.05) is 56.2 Å². The number of nitrogens with zero attached hydrogens (tertiary/aromatic N) is 1. The molecular formula is C31H39NO2. The number of carbonyl (C=O) groups excluding carboxylic acids is 1. The van der Waals surface area contributed by atoms with Crippen LogP contribution < -0.4 is 4.74 Å². The maximum atomic E-state index is 13.1. The van der Waals surface area contributed by atoms with Gasteiger partial charge >= 0.3 is 0 Å². The van der Waals surface area contributed by atoms with Gasteiger partial charge in [0.05, 0.1) is 0 Å². The summed E-state index contributed by atoms with van der Waals surface area (Å²) < 4.78 is 6.13. The average molecular weight is 458 g/mol. The van der Waals surface area contributed by atoms with E-state index in [1.165, 1.54) is 69.2 Å². The summed E-state index contributed by atoms with van der Waals surface area (Å²) in [5, 5.41) is 0. The van der Waals surface area contributed by atoms with Gasteiger partial charge in [0, 0.05) is 18.5 Å². The van der Waals surface area contributed by atoms with Crippen LogP contribution in [-0.4, -0.2) is 36.9 Å². The van der Waals surface area contributed by atoms with Crippen LogP contribution in [0.3, 0.4) is 0 Å². The van der Waals surface area contributed by atoms with Crippen LogP contribution in [0.15, 0.2) is 48.5 Å². The normalized spacial score (nSPS) is 33.1. The number of benzene rings is 2. The average Bonchev–Trinajstić information content (AvgIpc) is 3.27. The minimum absolute atomic E-state index is 0.363. The number of Topliss-reactive ketones (excluding diaryl/α,β-unsaturated/α-hetero) is 1. The van der Waals surface area contributed by atoms with Gasteiger partial charge in [-0.3, -0.25) is 9.69 Å². The number of hydrogen-bond donors (Lipinski definition) is 0. The predicted molar refractivity (Wildman–Crippen MR) is 137 cm³/mol. The molecule has 0 unspecified atom stereocenters. The van der Waals surface area contributed by atoms with E-state index >= 15 is 0 Å².